The average Bonchev–Trinajstić information content (AvgIpc) is 2.27. The third-order valence-corrected chi connectivity index (χ3v) is 3.17. The minimum Gasteiger partial charge on any atom is -0.324 e. The van der Waals surface area contributed by atoms with E-state index in [-0.39, 0.29) is 6.04 Å². The Balaban J connectivity index is 2.40. The molecule has 0 spiro atoms. The number of halogens is 2. The zero-order valence-electron chi connectivity index (χ0n) is 9.96. The maximum Gasteiger partial charge on any atom is 0.0424 e. The lowest BCUT2D eigenvalue weighted by Crippen LogP contribution is -2.10. The van der Waals surface area contributed by atoms with Crippen LogP contribution in [-0.4, -0.2) is 0 Å². The van der Waals surface area contributed by atoms with Gasteiger partial charge >= 0.3 is 0 Å². The molecule has 1 nitrogen and oxygen atoms in total. The van der Waals surface area contributed by atoms with Crippen molar-refractivity contribution in [3.8, 4) is 0 Å². The predicted molar refractivity (Wildman–Crippen MR) is 76.7 cm³/mol. The number of unbranched alkanes of at least 4 members (excludes halogenated alkanes) is 3. The van der Waals surface area contributed by atoms with Gasteiger partial charge in [-0.3, -0.25) is 0 Å². The Hall–Kier alpha value is -0.500. The van der Waals surface area contributed by atoms with E-state index in [1.165, 1.54) is 12.8 Å². The molecule has 0 aliphatic carbocycles. The Morgan fingerprint density at radius 1 is 1.12 bits per heavy atom. The van der Waals surface area contributed by atoms with Gasteiger partial charge in [-0.15, -0.1) is 6.58 Å². The minimum atomic E-state index is 0.0231. The first kappa shape index (κ1) is 14.6. The minimum absolute atomic E-state index is 0.0231. The van der Waals surface area contributed by atoms with Gasteiger partial charge < -0.3 is 5.73 Å². The number of hydrogen-bond donors (Lipinski definition) is 1. The number of allylic oxidation sites excluding steroid dienone is 1. The van der Waals surface area contributed by atoms with Crippen molar-refractivity contribution in [3.05, 3.63) is 46.5 Å². The third kappa shape index (κ3) is 5.58. The number of nitrogens with two attached hydrogens (primary N) is 1. The summed E-state index contributed by atoms with van der Waals surface area (Å²) in [6, 6.07) is 5.53. The van der Waals surface area contributed by atoms with Crippen LogP contribution in [0.25, 0.3) is 0 Å². The lowest BCUT2D eigenvalue weighted by Gasteiger charge is -2.12. The van der Waals surface area contributed by atoms with Crippen LogP contribution in [0, 0.1) is 0 Å². The molecule has 0 fully saturated rings. The summed E-state index contributed by atoms with van der Waals surface area (Å²) in [4.78, 5) is 0. The molecule has 0 amide bonds. The fourth-order valence-corrected chi connectivity index (χ4v) is 2.33. The van der Waals surface area contributed by atoms with Crippen LogP contribution in [0.15, 0.2) is 30.9 Å². The van der Waals surface area contributed by atoms with E-state index in [0.717, 1.165) is 24.8 Å². The van der Waals surface area contributed by atoms with Crippen molar-refractivity contribution < 1.29 is 0 Å². The van der Waals surface area contributed by atoms with Gasteiger partial charge in [0.1, 0.15) is 0 Å². The van der Waals surface area contributed by atoms with E-state index in [2.05, 4.69) is 6.58 Å². The highest BCUT2D eigenvalue weighted by Crippen LogP contribution is 2.25. The summed E-state index contributed by atoms with van der Waals surface area (Å²) in [7, 11) is 0. The molecule has 94 valence electrons. The van der Waals surface area contributed by atoms with E-state index in [1.807, 2.05) is 18.2 Å². The van der Waals surface area contributed by atoms with E-state index >= 15 is 0 Å². The summed E-state index contributed by atoms with van der Waals surface area (Å²) < 4.78 is 0. The lowest BCUT2D eigenvalue weighted by molar-refractivity contribution is 0.572. The zero-order chi connectivity index (χ0) is 12.7. The van der Waals surface area contributed by atoms with Gasteiger partial charge in [0.25, 0.3) is 0 Å². The van der Waals surface area contributed by atoms with Crippen molar-refractivity contribution in [1.82, 2.24) is 0 Å². The van der Waals surface area contributed by atoms with E-state index in [4.69, 9.17) is 28.9 Å². The molecule has 1 unspecified atom stereocenters. The zero-order valence-corrected chi connectivity index (χ0v) is 11.5. The smallest absolute Gasteiger partial charge is 0.0424 e. The van der Waals surface area contributed by atoms with E-state index in [0.29, 0.717) is 10.0 Å². The molecule has 2 N–H and O–H groups in total. The largest absolute Gasteiger partial charge is 0.324 e. The van der Waals surface area contributed by atoms with Gasteiger partial charge in [-0.05, 0) is 43.0 Å². The first-order chi connectivity index (χ1) is 8.13. The highest BCUT2D eigenvalue weighted by atomic mass is 35.5. The Morgan fingerprint density at radius 2 is 1.76 bits per heavy atom. The van der Waals surface area contributed by atoms with Crippen molar-refractivity contribution in [2.45, 2.75) is 38.1 Å². The molecule has 0 aliphatic heterocycles. The highest BCUT2D eigenvalue weighted by molar-refractivity contribution is 6.34. The molecular formula is C14H19Cl2N. The fourth-order valence-electron chi connectivity index (χ4n) is 1.79. The molecule has 17 heavy (non-hydrogen) atoms. The molecule has 3 heteroatoms. The molecule has 0 heterocycles. The van der Waals surface area contributed by atoms with Crippen LogP contribution in [0.1, 0.15) is 43.7 Å². The quantitative estimate of drug-likeness (QED) is 0.540. The Bertz CT molecular complexity index is 343. The molecule has 0 aliphatic rings. The maximum atomic E-state index is 6.11. The van der Waals surface area contributed by atoms with Crippen molar-refractivity contribution >= 4 is 23.2 Å². The van der Waals surface area contributed by atoms with Gasteiger partial charge in [0.15, 0.2) is 0 Å². The van der Waals surface area contributed by atoms with Crippen LogP contribution < -0.4 is 5.73 Å². The maximum absolute atomic E-state index is 6.11. The van der Waals surface area contributed by atoms with Gasteiger partial charge in [0.05, 0.1) is 0 Å². The Morgan fingerprint density at radius 3 is 2.35 bits per heavy atom. The normalized spacial score (nSPS) is 12.4. The Labute approximate surface area is 114 Å². The first-order valence-electron chi connectivity index (χ1n) is 5.96. The summed E-state index contributed by atoms with van der Waals surface area (Å²) in [5.74, 6) is 0. The summed E-state index contributed by atoms with van der Waals surface area (Å²) in [5, 5.41) is 1.30. The highest BCUT2D eigenvalue weighted by Gasteiger charge is 2.07. The van der Waals surface area contributed by atoms with Crippen molar-refractivity contribution in [1.29, 1.82) is 0 Å². The van der Waals surface area contributed by atoms with Gasteiger partial charge in [-0.2, -0.15) is 0 Å². The lowest BCUT2D eigenvalue weighted by atomic mass is 10.0. The molecular weight excluding hydrogens is 253 g/mol. The summed E-state index contributed by atoms with van der Waals surface area (Å²) in [5.41, 5.74) is 7.13. The van der Waals surface area contributed by atoms with Gasteiger partial charge in [0.2, 0.25) is 0 Å². The van der Waals surface area contributed by atoms with Crippen LogP contribution in [-0.2, 0) is 0 Å². The second kappa shape index (κ2) is 7.75. The number of hydrogen-bond acceptors (Lipinski definition) is 1. The van der Waals surface area contributed by atoms with E-state index in [9.17, 15) is 0 Å². The molecule has 0 radical (unpaired) electrons. The molecule has 1 rings (SSSR count). The SMILES string of the molecule is C=CCCCCCC(N)c1cc(Cl)cc(Cl)c1. The molecule has 0 aromatic heterocycles. The first-order valence-corrected chi connectivity index (χ1v) is 6.71. The topological polar surface area (TPSA) is 26.0 Å². The Kier molecular flexibility index (Phi) is 6.64. The number of benzene rings is 1. The molecule has 0 saturated heterocycles. The third-order valence-electron chi connectivity index (χ3n) is 2.74. The summed E-state index contributed by atoms with van der Waals surface area (Å²) in [6.45, 7) is 3.71. The summed E-state index contributed by atoms with van der Waals surface area (Å²) in [6.07, 6.45) is 7.50. The van der Waals surface area contributed by atoms with Crippen molar-refractivity contribution in [2.75, 3.05) is 0 Å². The predicted octanol–water partition coefficient (Wildman–Crippen LogP) is 5.13. The van der Waals surface area contributed by atoms with Gasteiger partial charge in [-0.1, -0.05) is 42.1 Å². The molecule has 1 atom stereocenters. The molecule has 0 saturated carbocycles. The standard InChI is InChI=1S/C14H19Cl2N/c1-2-3-4-5-6-7-14(17)11-8-12(15)10-13(16)9-11/h2,8-10,14H,1,3-7,17H2. The average molecular weight is 272 g/mol. The second-order valence-electron chi connectivity index (χ2n) is 4.24. The van der Waals surface area contributed by atoms with Crippen LogP contribution >= 0.6 is 23.2 Å². The van der Waals surface area contributed by atoms with Crippen molar-refractivity contribution in [3.63, 3.8) is 0 Å². The van der Waals surface area contributed by atoms with Crippen LogP contribution in [0.5, 0.6) is 0 Å². The van der Waals surface area contributed by atoms with Gasteiger partial charge in [0, 0.05) is 16.1 Å². The van der Waals surface area contributed by atoms with Crippen LogP contribution in [0.3, 0.4) is 0 Å². The number of rotatable bonds is 7. The monoisotopic (exact) mass is 271 g/mol. The summed E-state index contributed by atoms with van der Waals surface area (Å²) >= 11 is 11.9. The van der Waals surface area contributed by atoms with Gasteiger partial charge in [-0.25, -0.2) is 0 Å². The molecule has 1 aromatic carbocycles. The van der Waals surface area contributed by atoms with Crippen LogP contribution in [0.2, 0.25) is 10.0 Å². The van der Waals surface area contributed by atoms with Crippen LogP contribution in [0.4, 0.5) is 0 Å². The second-order valence-corrected chi connectivity index (χ2v) is 5.11. The molecule has 0 bridgehead atoms. The van der Waals surface area contributed by atoms with E-state index in [1.54, 1.807) is 6.07 Å². The van der Waals surface area contributed by atoms with Crippen molar-refractivity contribution in [2.24, 2.45) is 5.73 Å². The van der Waals surface area contributed by atoms with E-state index < -0.39 is 0 Å². The molecule has 1 aromatic rings. The fraction of sp³-hybridized carbons (Fsp3) is 0.429.